The van der Waals surface area contributed by atoms with Crippen LogP contribution in [-0.2, 0) is 6.42 Å². The molecule has 2 N–H and O–H groups in total. The van der Waals surface area contributed by atoms with Crippen LogP contribution in [0.3, 0.4) is 0 Å². The van der Waals surface area contributed by atoms with Gasteiger partial charge < -0.3 is 10.6 Å². The van der Waals surface area contributed by atoms with Gasteiger partial charge in [-0.05, 0) is 60.9 Å². The number of hydrogen-bond donors (Lipinski definition) is 2. The quantitative estimate of drug-likeness (QED) is 0.647. The van der Waals surface area contributed by atoms with Crippen molar-refractivity contribution >= 4 is 17.5 Å². The summed E-state index contributed by atoms with van der Waals surface area (Å²) in [6.07, 6.45) is 0.564. The molecule has 0 radical (unpaired) electrons. The van der Waals surface area contributed by atoms with Gasteiger partial charge in [0.25, 0.3) is 11.8 Å². The first-order valence-electron chi connectivity index (χ1n) is 9.13. The number of aryl methyl sites for hydroxylation is 1. The maximum atomic E-state index is 13.8. The number of hydrogen-bond acceptors (Lipinski definition) is 2. The molecule has 0 spiro atoms. The molecule has 6 heteroatoms. The molecule has 148 valence electrons. The summed E-state index contributed by atoms with van der Waals surface area (Å²) < 4.78 is 26.7. The number of carbonyl (C=O) groups is 2. The lowest BCUT2D eigenvalue weighted by Gasteiger charge is -2.11. The van der Waals surface area contributed by atoms with Gasteiger partial charge in [0.15, 0.2) is 0 Å². The molecular formula is C23H20F2N2O2. The van der Waals surface area contributed by atoms with Gasteiger partial charge >= 0.3 is 0 Å². The van der Waals surface area contributed by atoms with Crippen LogP contribution >= 0.6 is 0 Å². The van der Waals surface area contributed by atoms with E-state index < -0.39 is 11.7 Å². The molecule has 0 heterocycles. The maximum absolute atomic E-state index is 13.8. The third-order valence-corrected chi connectivity index (χ3v) is 4.48. The Morgan fingerprint density at radius 2 is 1.62 bits per heavy atom. The summed E-state index contributed by atoms with van der Waals surface area (Å²) in [5.41, 5.74) is 2.40. The SMILES string of the molecule is Cc1ccc(C(=O)NCCc2ccc(F)cc2)cc1NC(=O)c1ccccc1F. The Bertz CT molecular complexity index is 1030. The molecule has 0 bridgehead atoms. The van der Waals surface area contributed by atoms with Crippen LogP contribution in [0.5, 0.6) is 0 Å². The average Bonchev–Trinajstić information content (AvgIpc) is 2.71. The molecule has 0 aliphatic heterocycles. The van der Waals surface area contributed by atoms with E-state index in [-0.39, 0.29) is 17.3 Å². The molecule has 0 aliphatic rings. The number of rotatable bonds is 6. The van der Waals surface area contributed by atoms with Crippen LogP contribution in [0.1, 0.15) is 31.8 Å². The predicted molar refractivity (Wildman–Crippen MR) is 108 cm³/mol. The third kappa shape index (κ3) is 5.25. The topological polar surface area (TPSA) is 58.2 Å². The number of carbonyl (C=O) groups excluding carboxylic acids is 2. The van der Waals surface area contributed by atoms with E-state index in [2.05, 4.69) is 10.6 Å². The summed E-state index contributed by atoms with van der Waals surface area (Å²) in [5.74, 6) is -1.80. The molecule has 0 atom stereocenters. The van der Waals surface area contributed by atoms with Crippen molar-refractivity contribution < 1.29 is 18.4 Å². The van der Waals surface area contributed by atoms with Crippen molar-refractivity contribution in [2.45, 2.75) is 13.3 Å². The van der Waals surface area contributed by atoms with Crippen LogP contribution in [0.4, 0.5) is 14.5 Å². The molecule has 2 amide bonds. The Balaban J connectivity index is 1.64. The molecule has 0 saturated carbocycles. The van der Waals surface area contributed by atoms with E-state index in [1.165, 1.54) is 30.3 Å². The molecule has 0 saturated heterocycles. The standard InChI is InChI=1S/C23H20F2N2O2/c1-15-6-9-17(22(28)26-13-12-16-7-10-18(24)11-8-16)14-21(15)27-23(29)19-4-2-3-5-20(19)25/h2-11,14H,12-13H2,1H3,(H,26,28)(H,27,29). The van der Waals surface area contributed by atoms with Gasteiger partial charge in [-0.25, -0.2) is 8.78 Å². The van der Waals surface area contributed by atoms with E-state index in [0.717, 1.165) is 11.1 Å². The smallest absolute Gasteiger partial charge is 0.258 e. The molecule has 0 unspecified atom stereocenters. The van der Waals surface area contributed by atoms with E-state index in [0.29, 0.717) is 24.2 Å². The van der Waals surface area contributed by atoms with Gasteiger partial charge in [-0.1, -0.05) is 30.3 Å². The van der Waals surface area contributed by atoms with Gasteiger partial charge in [0.05, 0.1) is 5.56 Å². The van der Waals surface area contributed by atoms with Crippen LogP contribution in [0.15, 0.2) is 66.7 Å². The summed E-state index contributed by atoms with van der Waals surface area (Å²) >= 11 is 0. The first-order chi connectivity index (χ1) is 13.9. The van der Waals surface area contributed by atoms with E-state index in [1.54, 1.807) is 43.3 Å². The fourth-order valence-electron chi connectivity index (χ4n) is 2.81. The highest BCUT2D eigenvalue weighted by Gasteiger charge is 2.14. The van der Waals surface area contributed by atoms with Crippen LogP contribution in [-0.4, -0.2) is 18.4 Å². The molecule has 29 heavy (non-hydrogen) atoms. The molecule has 0 fully saturated rings. The summed E-state index contributed by atoms with van der Waals surface area (Å²) in [4.78, 5) is 24.8. The highest BCUT2D eigenvalue weighted by Crippen LogP contribution is 2.19. The second kappa shape index (κ2) is 9.10. The third-order valence-electron chi connectivity index (χ3n) is 4.48. The minimum absolute atomic E-state index is 0.0685. The van der Waals surface area contributed by atoms with Crippen LogP contribution in [0.2, 0.25) is 0 Å². The van der Waals surface area contributed by atoms with Crippen molar-refractivity contribution in [2.75, 3.05) is 11.9 Å². The molecular weight excluding hydrogens is 374 g/mol. The maximum Gasteiger partial charge on any atom is 0.258 e. The zero-order chi connectivity index (χ0) is 20.8. The second-order valence-electron chi connectivity index (χ2n) is 6.60. The number of benzene rings is 3. The van der Waals surface area contributed by atoms with Gasteiger partial charge in [0, 0.05) is 17.8 Å². The highest BCUT2D eigenvalue weighted by atomic mass is 19.1. The lowest BCUT2D eigenvalue weighted by Crippen LogP contribution is -2.26. The zero-order valence-corrected chi connectivity index (χ0v) is 15.8. The van der Waals surface area contributed by atoms with Gasteiger partial charge in [-0.3, -0.25) is 9.59 Å². The van der Waals surface area contributed by atoms with Crippen molar-refractivity contribution in [2.24, 2.45) is 0 Å². The van der Waals surface area contributed by atoms with E-state index in [9.17, 15) is 18.4 Å². The summed E-state index contributed by atoms with van der Waals surface area (Å²) in [6, 6.07) is 16.7. The van der Waals surface area contributed by atoms with E-state index >= 15 is 0 Å². The predicted octanol–water partition coefficient (Wildman–Crippen LogP) is 4.50. The van der Waals surface area contributed by atoms with Crippen molar-refractivity contribution in [3.63, 3.8) is 0 Å². The van der Waals surface area contributed by atoms with Crippen molar-refractivity contribution in [1.82, 2.24) is 5.32 Å². The van der Waals surface area contributed by atoms with Crippen molar-refractivity contribution in [1.29, 1.82) is 0 Å². The van der Waals surface area contributed by atoms with E-state index in [4.69, 9.17) is 0 Å². The molecule has 4 nitrogen and oxygen atoms in total. The van der Waals surface area contributed by atoms with Gasteiger partial charge in [-0.15, -0.1) is 0 Å². The average molecular weight is 394 g/mol. The normalized spacial score (nSPS) is 10.4. The highest BCUT2D eigenvalue weighted by molar-refractivity contribution is 6.05. The van der Waals surface area contributed by atoms with Crippen LogP contribution < -0.4 is 10.6 Å². The number of halogens is 2. The first kappa shape index (κ1) is 20.2. The molecule has 3 rings (SSSR count). The Morgan fingerprint density at radius 3 is 2.34 bits per heavy atom. The number of nitrogens with one attached hydrogen (secondary N) is 2. The fraction of sp³-hybridized carbons (Fsp3) is 0.130. The molecule has 0 aliphatic carbocycles. The van der Waals surface area contributed by atoms with Crippen LogP contribution in [0, 0.1) is 18.6 Å². The Hall–Kier alpha value is -3.54. The van der Waals surface area contributed by atoms with Gasteiger partial charge in [0.1, 0.15) is 11.6 Å². The molecule has 0 aromatic heterocycles. The first-order valence-corrected chi connectivity index (χ1v) is 9.13. The van der Waals surface area contributed by atoms with Crippen LogP contribution in [0.25, 0.3) is 0 Å². The fourth-order valence-corrected chi connectivity index (χ4v) is 2.81. The van der Waals surface area contributed by atoms with Gasteiger partial charge in [0.2, 0.25) is 0 Å². The Kier molecular flexibility index (Phi) is 6.34. The zero-order valence-electron chi connectivity index (χ0n) is 15.8. The molecule has 3 aromatic rings. The summed E-state index contributed by atoms with van der Waals surface area (Å²) in [6.45, 7) is 2.17. The number of amides is 2. The largest absolute Gasteiger partial charge is 0.352 e. The van der Waals surface area contributed by atoms with Gasteiger partial charge in [-0.2, -0.15) is 0 Å². The Labute approximate surface area is 167 Å². The summed E-state index contributed by atoms with van der Waals surface area (Å²) in [7, 11) is 0. The van der Waals surface area contributed by atoms with E-state index in [1.807, 2.05) is 0 Å². The second-order valence-corrected chi connectivity index (χ2v) is 6.60. The monoisotopic (exact) mass is 394 g/mol. The minimum atomic E-state index is -0.614. The van der Waals surface area contributed by atoms with Crippen molar-refractivity contribution in [3.8, 4) is 0 Å². The minimum Gasteiger partial charge on any atom is -0.352 e. The van der Waals surface area contributed by atoms with Crippen molar-refractivity contribution in [3.05, 3.63) is 101 Å². The Morgan fingerprint density at radius 1 is 0.897 bits per heavy atom. The lowest BCUT2D eigenvalue weighted by atomic mass is 10.1. The summed E-state index contributed by atoms with van der Waals surface area (Å²) in [5, 5.41) is 5.45. The number of anilines is 1. The lowest BCUT2D eigenvalue weighted by molar-refractivity contribution is 0.0952. The molecule has 3 aromatic carbocycles.